The summed E-state index contributed by atoms with van der Waals surface area (Å²) in [5, 5.41) is 5.20. The smallest absolute Gasteiger partial charge is 0.272 e. The van der Waals surface area contributed by atoms with Crippen molar-refractivity contribution >= 4 is 17.0 Å². The van der Waals surface area contributed by atoms with Crippen LogP contribution in [0.5, 0.6) is 0 Å². The van der Waals surface area contributed by atoms with Crippen LogP contribution in [-0.2, 0) is 6.54 Å². The molecular weight excluding hydrogens is 308 g/mol. The molecule has 1 aliphatic rings. The lowest BCUT2D eigenvalue weighted by molar-refractivity contribution is 0.218. The molecule has 0 spiro atoms. The maximum absolute atomic E-state index is 12.5. The second-order valence-electron chi connectivity index (χ2n) is 6.17. The molecule has 0 unspecified atom stereocenters. The van der Waals surface area contributed by atoms with Gasteiger partial charge >= 0.3 is 0 Å². The van der Waals surface area contributed by atoms with Gasteiger partial charge in [-0.15, -0.1) is 11.3 Å². The molecule has 0 atom stereocenters. The SMILES string of the molecule is Cc1[nH]n2c(=O)cc(CN3CCCCC3)nc2c1-c1cccs1. The van der Waals surface area contributed by atoms with Crippen molar-refractivity contribution in [2.75, 3.05) is 13.1 Å². The number of likely N-dealkylation sites (tertiary alicyclic amines) is 1. The van der Waals surface area contributed by atoms with Crippen LogP contribution < -0.4 is 5.56 Å². The van der Waals surface area contributed by atoms with E-state index in [1.165, 1.54) is 19.3 Å². The molecule has 1 fully saturated rings. The van der Waals surface area contributed by atoms with E-state index in [2.05, 4.69) is 16.1 Å². The standard InChI is InChI=1S/C17H20N4OS/c1-12-16(14-6-5-9-23-14)17-18-13(10-15(22)21(17)19-12)11-20-7-3-2-4-8-20/h5-6,9-10,19H,2-4,7-8,11H2,1H3. The Morgan fingerprint density at radius 3 is 2.87 bits per heavy atom. The van der Waals surface area contributed by atoms with E-state index in [0.29, 0.717) is 0 Å². The van der Waals surface area contributed by atoms with Crippen molar-refractivity contribution in [2.24, 2.45) is 0 Å². The van der Waals surface area contributed by atoms with Crippen LogP contribution in [0.3, 0.4) is 0 Å². The monoisotopic (exact) mass is 328 g/mol. The van der Waals surface area contributed by atoms with E-state index in [4.69, 9.17) is 4.98 Å². The van der Waals surface area contributed by atoms with Gasteiger partial charge in [-0.25, -0.2) is 9.50 Å². The number of aromatic nitrogens is 3. The third kappa shape index (κ3) is 2.72. The zero-order chi connectivity index (χ0) is 15.8. The quantitative estimate of drug-likeness (QED) is 0.804. The van der Waals surface area contributed by atoms with Crippen LogP contribution in [0.1, 0.15) is 30.7 Å². The van der Waals surface area contributed by atoms with E-state index in [-0.39, 0.29) is 5.56 Å². The average Bonchev–Trinajstić information content (AvgIpc) is 3.15. The first-order chi connectivity index (χ1) is 11.2. The van der Waals surface area contributed by atoms with Gasteiger partial charge in [0.2, 0.25) is 0 Å². The number of nitrogens with one attached hydrogen (secondary N) is 1. The van der Waals surface area contributed by atoms with Crippen molar-refractivity contribution in [3.05, 3.63) is 45.3 Å². The normalized spacial score (nSPS) is 16.2. The predicted octanol–water partition coefficient (Wildman–Crippen LogP) is 3.05. The highest BCUT2D eigenvalue weighted by molar-refractivity contribution is 7.13. The molecule has 0 aliphatic carbocycles. The first-order valence-electron chi connectivity index (χ1n) is 8.10. The van der Waals surface area contributed by atoms with E-state index in [0.717, 1.165) is 47.1 Å². The minimum absolute atomic E-state index is 0.0343. The van der Waals surface area contributed by atoms with Gasteiger partial charge in [-0.1, -0.05) is 12.5 Å². The van der Waals surface area contributed by atoms with Crippen LogP contribution in [0.4, 0.5) is 0 Å². The molecule has 3 aromatic heterocycles. The number of piperidine rings is 1. The van der Waals surface area contributed by atoms with Crippen molar-refractivity contribution in [2.45, 2.75) is 32.7 Å². The van der Waals surface area contributed by atoms with Gasteiger partial charge in [-0.05, 0) is 44.3 Å². The van der Waals surface area contributed by atoms with Crippen LogP contribution in [0.2, 0.25) is 0 Å². The second kappa shape index (κ2) is 5.94. The molecule has 23 heavy (non-hydrogen) atoms. The molecule has 0 radical (unpaired) electrons. The minimum atomic E-state index is -0.0343. The summed E-state index contributed by atoms with van der Waals surface area (Å²) in [6.45, 7) is 4.96. The molecule has 0 bridgehead atoms. The minimum Gasteiger partial charge on any atom is -0.298 e. The Labute approximate surface area is 138 Å². The zero-order valence-corrected chi connectivity index (χ0v) is 14.0. The number of H-pyrrole nitrogens is 1. The molecule has 4 heterocycles. The Kier molecular flexibility index (Phi) is 3.79. The van der Waals surface area contributed by atoms with Crippen LogP contribution in [0.25, 0.3) is 16.1 Å². The fourth-order valence-electron chi connectivity index (χ4n) is 3.34. The Hall–Kier alpha value is -1.92. The Bertz CT molecular complexity index is 872. The molecule has 0 aromatic carbocycles. The number of nitrogens with zero attached hydrogens (tertiary/aromatic N) is 3. The van der Waals surface area contributed by atoms with E-state index in [9.17, 15) is 4.79 Å². The van der Waals surface area contributed by atoms with Crippen LogP contribution >= 0.6 is 11.3 Å². The number of fused-ring (bicyclic) bond motifs is 1. The molecule has 4 rings (SSSR count). The number of rotatable bonds is 3. The molecule has 0 amide bonds. The Morgan fingerprint density at radius 2 is 2.13 bits per heavy atom. The lowest BCUT2D eigenvalue weighted by Crippen LogP contribution is -2.30. The van der Waals surface area contributed by atoms with E-state index < -0.39 is 0 Å². The maximum atomic E-state index is 12.5. The van der Waals surface area contributed by atoms with Gasteiger partial charge in [0.05, 0.1) is 11.3 Å². The number of thiophene rings is 1. The number of hydrogen-bond donors (Lipinski definition) is 1. The Balaban J connectivity index is 1.79. The van der Waals surface area contributed by atoms with E-state index in [1.807, 2.05) is 18.4 Å². The van der Waals surface area contributed by atoms with Crippen molar-refractivity contribution in [3.8, 4) is 10.4 Å². The van der Waals surface area contributed by atoms with Gasteiger partial charge in [0.25, 0.3) is 5.56 Å². The number of aryl methyl sites for hydroxylation is 1. The lowest BCUT2D eigenvalue weighted by Gasteiger charge is -2.25. The topological polar surface area (TPSA) is 53.4 Å². The van der Waals surface area contributed by atoms with Crippen LogP contribution in [-0.4, -0.2) is 32.6 Å². The molecule has 1 aliphatic heterocycles. The zero-order valence-electron chi connectivity index (χ0n) is 13.2. The molecule has 3 aromatic rings. The van der Waals surface area contributed by atoms with Gasteiger partial charge < -0.3 is 0 Å². The maximum Gasteiger partial charge on any atom is 0.272 e. The van der Waals surface area contributed by atoms with Gasteiger partial charge in [0, 0.05) is 23.2 Å². The van der Waals surface area contributed by atoms with Crippen molar-refractivity contribution in [3.63, 3.8) is 0 Å². The highest BCUT2D eigenvalue weighted by Gasteiger charge is 2.17. The fourth-order valence-corrected chi connectivity index (χ4v) is 4.16. The third-order valence-corrected chi connectivity index (χ3v) is 5.34. The van der Waals surface area contributed by atoms with Crippen molar-refractivity contribution in [1.82, 2.24) is 19.5 Å². The van der Waals surface area contributed by atoms with Gasteiger partial charge in [0.15, 0.2) is 5.65 Å². The molecule has 0 saturated carbocycles. The summed E-state index contributed by atoms with van der Waals surface area (Å²) in [4.78, 5) is 20.8. The summed E-state index contributed by atoms with van der Waals surface area (Å²) in [6, 6.07) is 5.76. The largest absolute Gasteiger partial charge is 0.298 e. The summed E-state index contributed by atoms with van der Waals surface area (Å²) in [5.41, 5.74) is 3.59. The fraction of sp³-hybridized carbons (Fsp3) is 0.412. The summed E-state index contributed by atoms with van der Waals surface area (Å²) in [6.07, 6.45) is 3.79. The predicted molar refractivity (Wildman–Crippen MR) is 93.0 cm³/mol. The van der Waals surface area contributed by atoms with Crippen LogP contribution in [0.15, 0.2) is 28.4 Å². The molecule has 1 saturated heterocycles. The third-order valence-electron chi connectivity index (χ3n) is 4.45. The average molecular weight is 328 g/mol. The summed E-state index contributed by atoms with van der Waals surface area (Å²) >= 11 is 1.67. The van der Waals surface area contributed by atoms with Gasteiger partial charge in [-0.3, -0.25) is 14.8 Å². The molecule has 1 N–H and O–H groups in total. The second-order valence-corrected chi connectivity index (χ2v) is 7.12. The molecule has 5 nitrogen and oxygen atoms in total. The summed E-state index contributed by atoms with van der Waals surface area (Å²) in [7, 11) is 0. The van der Waals surface area contributed by atoms with E-state index >= 15 is 0 Å². The Morgan fingerprint density at radius 1 is 1.30 bits per heavy atom. The van der Waals surface area contributed by atoms with Gasteiger partial charge in [-0.2, -0.15) is 0 Å². The summed E-state index contributed by atoms with van der Waals surface area (Å²) < 4.78 is 1.56. The first kappa shape index (κ1) is 14.7. The summed E-state index contributed by atoms with van der Waals surface area (Å²) in [5.74, 6) is 0. The highest BCUT2D eigenvalue weighted by atomic mass is 32.1. The number of aromatic amines is 1. The highest BCUT2D eigenvalue weighted by Crippen LogP contribution is 2.30. The molecule has 120 valence electrons. The van der Waals surface area contributed by atoms with Crippen molar-refractivity contribution in [1.29, 1.82) is 0 Å². The van der Waals surface area contributed by atoms with Crippen molar-refractivity contribution < 1.29 is 0 Å². The lowest BCUT2D eigenvalue weighted by atomic mass is 10.1. The molecular formula is C17H20N4OS. The first-order valence-corrected chi connectivity index (χ1v) is 8.98. The van der Waals surface area contributed by atoms with Gasteiger partial charge in [0.1, 0.15) is 0 Å². The van der Waals surface area contributed by atoms with Crippen LogP contribution in [0, 0.1) is 6.92 Å². The molecule has 6 heteroatoms. The van der Waals surface area contributed by atoms with E-state index in [1.54, 1.807) is 21.9 Å². The number of hydrogen-bond acceptors (Lipinski definition) is 4.